The van der Waals surface area contributed by atoms with Crippen molar-refractivity contribution in [3.63, 3.8) is 0 Å². The van der Waals surface area contributed by atoms with Gasteiger partial charge in [0.2, 0.25) is 0 Å². The van der Waals surface area contributed by atoms with Crippen LogP contribution in [-0.2, 0) is 16.8 Å². The van der Waals surface area contributed by atoms with E-state index in [0.717, 1.165) is 29.7 Å². The summed E-state index contributed by atoms with van der Waals surface area (Å²) in [4.78, 5) is 14.7. The minimum Gasteiger partial charge on any atom is -0.492 e. The first kappa shape index (κ1) is 18.3. The molecule has 1 fully saturated rings. The van der Waals surface area contributed by atoms with Crippen LogP contribution in [0, 0.1) is 11.3 Å². The minimum atomic E-state index is -0.198. The molecule has 5 heteroatoms. The van der Waals surface area contributed by atoms with E-state index in [1.165, 1.54) is 5.56 Å². The number of nitrogens with zero attached hydrogens (tertiary/aromatic N) is 2. The Balaban J connectivity index is 1.50. The van der Waals surface area contributed by atoms with Gasteiger partial charge in [0.25, 0.3) is 5.91 Å². The molecule has 142 valence electrons. The lowest BCUT2D eigenvalue weighted by Crippen LogP contribution is -2.46. The van der Waals surface area contributed by atoms with Crippen LogP contribution in [0.4, 0.5) is 0 Å². The summed E-state index contributed by atoms with van der Waals surface area (Å²) in [5.41, 5.74) is 9.08. The number of nitriles is 1. The van der Waals surface area contributed by atoms with Crippen molar-refractivity contribution in [3.05, 3.63) is 70.8 Å². The Labute approximate surface area is 165 Å². The van der Waals surface area contributed by atoms with E-state index in [2.05, 4.69) is 12.1 Å². The van der Waals surface area contributed by atoms with Crippen molar-refractivity contribution in [2.24, 2.45) is 5.73 Å². The summed E-state index contributed by atoms with van der Waals surface area (Å²) >= 11 is 0. The largest absolute Gasteiger partial charge is 0.492 e. The molecule has 28 heavy (non-hydrogen) atoms. The Hall–Kier alpha value is -3.10. The van der Waals surface area contributed by atoms with Crippen LogP contribution in [-0.4, -0.2) is 30.5 Å². The highest BCUT2D eigenvalue weighted by atomic mass is 16.5. The number of carbonyl (C=O) groups is 1. The quantitative estimate of drug-likeness (QED) is 0.663. The van der Waals surface area contributed by atoms with Gasteiger partial charge in [-0.15, -0.1) is 0 Å². The third-order valence-electron chi connectivity index (χ3n) is 5.82. The van der Waals surface area contributed by atoms with Crippen LogP contribution in [0.25, 0.3) is 6.08 Å². The molecule has 2 aromatic rings. The summed E-state index contributed by atoms with van der Waals surface area (Å²) < 4.78 is 5.93. The average molecular weight is 373 g/mol. The maximum Gasteiger partial charge on any atom is 0.264 e. The third-order valence-corrected chi connectivity index (χ3v) is 5.82. The van der Waals surface area contributed by atoms with Gasteiger partial charge in [0, 0.05) is 30.6 Å². The molecule has 1 saturated heterocycles. The predicted octanol–water partition coefficient (Wildman–Crippen LogP) is 3.01. The SMILES string of the molecule is N#CC(=Cc1ccccc1)C(=O)N1CCC2(CC1)COc1ccc(CN)cc12. The Bertz CT molecular complexity index is 952. The average Bonchev–Trinajstić information content (AvgIpc) is 3.10. The lowest BCUT2D eigenvalue weighted by atomic mass is 9.74. The van der Waals surface area contributed by atoms with Gasteiger partial charge < -0.3 is 15.4 Å². The normalized spacial score (nSPS) is 17.7. The number of hydrogen-bond acceptors (Lipinski definition) is 4. The minimum absolute atomic E-state index is 0.0623. The van der Waals surface area contributed by atoms with Crippen LogP contribution >= 0.6 is 0 Å². The number of benzene rings is 2. The van der Waals surface area contributed by atoms with Gasteiger partial charge in [-0.25, -0.2) is 0 Å². The molecule has 0 saturated carbocycles. The first-order chi connectivity index (χ1) is 13.6. The van der Waals surface area contributed by atoms with E-state index in [1.807, 2.05) is 42.5 Å². The number of nitrogens with two attached hydrogens (primary N) is 1. The number of ether oxygens (including phenoxy) is 1. The molecular formula is C23H23N3O2. The first-order valence-corrected chi connectivity index (χ1v) is 9.58. The van der Waals surface area contributed by atoms with Gasteiger partial charge >= 0.3 is 0 Å². The molecule has 0 bridgehead atoms. The van der Waals surface area contributed by atoms with E-state index in [0.29, 0.717) is 26.2 Å². The lowest BCUT2D eigenvalue weighted by Gasteiger charge is -2.38. The fourth-order valence-electron chi connectivity index (χ4n) is 4.12. The molecule has 2 heterocycles. The van der Waals surface area contributed by atoms with E-state index in [-0.39, 0.29) is 16.9 Å². The topological polar surface area (TPSA) is 79.3 Å². The standard InChI is InChI=1S/C23H23N3O2/c24-14-18-6-7-21-20(13-18)23(16-28-21)8-10-26(11-9-23)22(27)19(15-25)12-17-4-2-1-3-5-17/h1-7,12-13H,8-11,14,16,24H2. The number of amides is 1. The highest BCUT2D eigenvalue weighted by Gasteiger charge is 2.44. The summed E-state index contributed by atoms with van der Waals surface area (Å²) in [6.45, 7) is 2.37. The van der Waals surface area contributed by atoms with Crippen molar-refractivity contribution < 1.29 is 9.53 Å². The lowest BCUT2D eigenvalue weighted by molar-refractivity contribution is -0.128. The Morgan fingerprint density at radius 3 is 2.64 bits per heavy atom. The second-order valence-electron chi connectivity index (χ2n) is 7.48. The van der Waals surface area contributed by atoms with Crippen molar-refractivity contribution in [2.45, 2.75) is 24.8 Å². The first-order valence-electron chi connectivity index (χ1n) is 9.58. The van der Waals surface area contributed by atoms with E-state index in [9.17, 15) is 10.1 Å². The highest BCUT2D eigenvalue weighted by Crippen LogP contribution is 2.45. The smallest absolute Gasteiger partial charge is 0.264 e. The maximum atomic E-state index is 12.9. The third kappa shape index (κ3) is 3.28. The van der Waals surface area contributed by atoms with Crippen molar-refractivity contribution >= 4 is 12.0 Å². The van der Waals surface area contributed by atoms with Gasteiger partial charge in [0.15, 0.2) is 0 Å². The zero-order chi connectivity index (χ0) is 19.6. The van der Waals surface area contributed by atoms with Gasteiger partial charge in [-0.2, -0.15) is 5.26 Å². The molecular weight excluding hydrogens is 350 g/mol. The van der Waals surface area contributed by atoms with Crippen LogP contribution in [0.3, 0.4) is 0 Å². The number of likely N-dealkylation sites (tertiary alicyclic amines) is 1. The van der Waals surface area contributed by atoms with Gasteiger partial charge in [-0.05, 0) is 36.1 Å². The predicted molar refractivity (Wildman–Crippen MR) is 107 cm³/mol. The van der Waals surface area contributed by atoms with E-state index in [4.69, 9.17) is 10.5 Å². The maximum absolute atomic E-state index is 12.9. The van der Waals surface area contributed by atoms with Gasteiger partial charge in [-0.1, -0.05) is 42.5 Å². The zero-order valence-electron chi connectivity index (χ0n) is 15.7. The van der Waals surface area contributed by atoms with Crippen molar-refractivity contribution in [3.8, 4) is 11.8 Å². The number of hydrogen-bond donors (Lipinski definition) is 1. The second-order valence-corrected chi connectivity index (χ2v) is 7.48. The second kappa shape index (κ2) is 7.49. The van der Waals surface area contributed by atoms with E-state index in [1.54, 1.807) is 11.0 Å². The summed E-state index contributed by atoms with van der Waals surface area (Å²) in [6, 6.07) is 17.7. The van der Waals surface area contributed by atoms with Crippen LogP contribution in [0.2, 0.25) is 0 Å². The molecule has 5 nitrogen and oxygen atoms in total. The Morgan fingerprint density at radius 2 is 1.96 bits per heavy atom. The molecule has 4 rings (SSSR count). The summed E-state index contributed by atoms with van der Waals surface area (Å²) in [5, 5.41) is 9.48. The van der Waals surface area contributed by atoms with Gasteiger partial charge in [0.1, 0.15) is 17.4 Å². The molecule has 2 aromatic carbocycles. The molecule has 0 atom stereocenters. The van der Waals surface area contributed by atoms with Crippen LogP contribution in [0.1, 0.15) is 29.5 Å². The molecule has 0 radical (unpaired) electrons. The van der Waals surface area contributed by atoms with E-state index >= 15 is 0 Å². The summed E-state index contributed by atoms with van der Waals surface area (Å²) in [5.74, 6) is 0.731. The molecule has 2 N–H and O–H groups in total. The Kier molecular flexibility index (Phi) is 4.89. The number of carbonyl (C=O) groups excluding carboxylic acids is 1. The van der Waals surface area contributed by atoms with E-state index < -0.39 is 0 Å². The molecule has 0 aromatic heterocycles. The van der Waals surface area contributed by atoms with Crippen molar-refractivity contribution in [1.29, 1.82) is 5.26 Å². The van der Waals surface area contributed by atoms with Gasteiger partial charge in [-0.3, -0.25) is 4.79 Å². The fraction of sp³-hybridized carbons (Fsp3) is 0.304. The Morgan fingerprint density at radius 1 is 1.21 bits per heavy atom. The van der Waals surface area contributed by atoms with Crippen LogP contribution < -0.4 is 10.5 Å². The number of rotatable bonds is 3. The molecule has 2 aliphatic heterocycles. The van der Waals surface area contributed by atoms with Crippen molar-refractivity contribution in [1.82, 2.24) is 4.90 Å². The summed E-state index contributed by atoms with van der Waals surface area (Å²) in [7, 11) is 0. The monoisotopic (exact) mass is 373 g/mol. The molecule has 0 aliphatic carbocycles. The molecule has 2 aliphatic rings. The zero-order valence-corrected chi connectivity index (χ0v) is 15.7. The molecule has 1 amide bonds. The van der Waals surface area contributed by atoms with Crippen LogP contribution in [0.15, 0.2) is 54.1 Å². The highest BCUT2D eigenvalue weighted by molar-refractivity contribution is 6.01. The molecule has 1 spiro atoms. The van der Waals surface area contributed by atoms with Gasteiger partial charge in [0.05, 0.1) is 6.61 Å². The fourth-order valence-corrected chi connectivity index (χ4v) is 4.12. The van der Waals surface area contributed by atoms with Crippen LogP contribution in [0.5, 0.6) is 5.75 Å². The number of piperidine rings is 1. The number of fused-ring (bicyclic) bond motifs is 2. The summed E-state index contributed by atoms with van der Waals surface area (Å²) in [6.07, 6.45) is 3.31. The molecule has 0 unspecified atom stereocenters. The van der Waals surface area contributed by atoms with Crippen molar-refractivity contribution in [2.75, 3.05) is 19.7 Å².